The second kappa shape index (κ2) is 6.08. The van der Waals surface area contributed by atoms with Gasteiger partial charge in [0.2, 0.25) is 5.13 Å². The van der Waals surface area contributed by atoms with E-state index < -0.39 is 0 Å². The monoisotopic (exact) mass is 281 g/mol. The lowest BCUT2D eigenvalue weighted by molar-refractivity contribution is -0.917. The van der Waals surface area contributed by atoms with E-state index in [2.05, 4.69) is 41.7 Å². The van der Waals surface area contributed by atoms with Gasteiger partial charge >= 0.3 is 0 Å². The Bertz CT molecular complexity index is 547. The minimum atomic E-state index is 0.784. The van der Waals surface area contributed by atoms with E-state index in [9.17, 15) is 0 Å². The van der Waals surface area contributed by atoms with Gasteiger partial charge in [-0.25, -0.2) is 0 Å². The molecule has 2 rings (SSSR count). The van der Waals surface area contributed by atoms with Gasteiger partial charge in [-0.15, -0.1) is 5.10 Å². The number of quaternary nitrogens is 1. The molecule has 0 saturated heterocycles. The van der Waals surface area contributed by atoms with Crippen LogP contribution in [-0.4, -0.2) is 23.9 Å². The Balaban J connectivity index is 2.00. The van der Waals surface area contributed by atoms with Crippen molar-refractivity contribution in [3.63, 3.8) is 0 Å². The third-order valence-electron chi connectivity index (χ3n) is 2.59. The summed E-state index contributed by atoms with van der Waals surface area (Å²) in [6, 6.07) is 10.5. The molecule has 0 saturated carbocycles. The Morgan fingerprint density at radius 1 is 1.39 bits per heavy atom. The van der Waals surface area contributed by atoms with E-state index in [0.717, 1.165) is 22.3 Å². The fourth-order valence-corrected chi connectivity index (χ4v) is 2.72. The molecule has 0 spiro atoms. The van der Waals surface area contributed by atoms with Crippen molar-refractivity contribution < 1.29 is 4.90 Å². The number of nitrogens with zero attached hydrogens (tertiary/aromatic N) is 2. The molecule has 0 aliphatic heterocycles. The summed E-state index contributed by atoms with van der Waals surface area (Å²) in [5.74, 6) is 0. The third-order valence-corrected chi connectivity index (χ3v) is 3.91. The Hall–Kier alpha value is -1.24. The van der Waals surface area contributed by atoms with Gasteiger partial charge in [0.15, 0.2) is 10.6 Å². The molecule has 1 aromatic carbocycles. The van der Waals surface area contributed by atoms with Crippen LogP contribution in [0.5, 0.6) is 0 Å². The molecule has 0 radical (unpaired) electrons. The highest BCUT2D eigenvalue weighted by molar-refractivity contribution is 7.73. The maximum Gasteiger partial charge on any atom is 0.204 e. The smallest absolute Gasteiger partial charge is 0.204 e. The molecular weight excluding hydrogens is 264 g/mol. The van der Waals surface area contributed by atoms with E-state index in [1.54, 1.807) is 0 Å². The third kappa shape index (κ3) is 3.38. The Kier molecular flexibility index (Phi) is 4.46. The fourth-order valence-electron chi connectivity index (χ4n) is 1.76. The van der Waals surface area contributed by atoms with Crippen LogP contribution < -0.4 is 10.2 Å². The summed E-state index contributed by atoms with van der Waals surface area (Å²) >= 11 is 6.79. The highest BCUT2D eigenvalue weighted by atomic mass is 32.1. The molecule has 96 valence electrons. The topological polar surface area (TPSA) is 34.3 Å². The highest BCUT2D eigenvalue weighted by Crippen LogP contribution is 2.11. The number of aromatic nitrogens is 2. The standard InChI is InChI=1S/C12H16N4S2/c1-13-11-14-16(12(17)18-11)9-15(2)8-10-6-4-3-5-7-10/h3-7H,8-9H2,1-2H3,(H,13,14)/p+1. The van der Waals surface area contributed by atoms with Crippen LogP contribution in [0.1, 0.15) is 5.56 Å². The van der Waals surface area contributed by atoms with Crippen molar-refractivity contribution in [3.05, 3.63) is 39.8 Å². The van der Waals surface area contributed by atoms with Crippen LogP contribution in [0, 0.1) is 3.95 Å². The molecule has 1 unspecified atom stereocenters. The Morgan fingerprint density at radius 2 is 2.11 bits per heavy atom. The summed E-state index contributed by atoms with van der Waals surface area (Å²) in [6.45, 7) is 1.75. The van der Waals surface area contributed by atoms with Crippen molar-refractivity contribution in [2.75, 3.05) is 19.4 Å². The minimum Gasteiger partial charge on any atom is -0.363 e. The number of nitrogens with one attached hydrogen (secondary N) is 2. The Morgan fingerprint density at radius 3 is 2.72 bits per heavy atom. The van der Waals surface area contributed by atoms with Crippen molar-refractivity contribution in [1.29, 1.82) is 0 Å². The molecule has 2 aromatic rings. The normalized spacial score (nSPS) is 12.3. The predicted octanol–water partition coefficient (Wildman–Crippen LogP) is 1.39. The summed E-state index contributed by atoms with van der Waals surface area (Å²) < 4.78 is 2.69. The second-order valence-electron chi connectivity index (χ2n) is 4.20. The largest absolute Gasteiger partial charge is 0.363 e. The zero-order valence-electron chi connectivity index (χ0n) is 10.5. The summed E-state index contributed by atoms with van der Waals surface area (Å²) in [6.07, 6.45) is 0. The minimum absolute atomic E-state index is 0.784. The molecule has 18 heavy (non-hydrogen) atoms. The van der Waals surface area contributed by atoms with Gasteiger partial charge in [-0.1, -0.05) is 41.7 Å². The lowest BCUT2D eigenvalue weighted by atomic mass is 10.2. The van der Waals surface area contributed by atoms with Crippen LogP contribution in [0.2, 0.25) is 0 Å². The number of hydrogen-bond donors (Lipinski definition) is 2. The van der Waals surface area contributed by atoms with Crippen molar-refractivity contribution in [2.45, 2.75) is 13.2 Å². The first-order valence-corrected chi connectivity index (χ1v) is 7.02. The van der Waals surface area contributed by atoms with Gasteiger partial charge in [0.1, 0.15) is 6.54 Å². The van der Waals surface area contributed by atoms with Crippen LogP contribution in [0.4, 0.5) is 5.13 Å². The van der Waals surface area contributed by atoms with Crippen molar-refractivity contribution >= 4 is 28.7 Å². The van der Waals surface area contributed by atoms with Crippen LogP contribution >= 0.6 is 23.6 Å². The Labute approximate surface area is 116 Å². The average Bonchev–Trinajstić information content (AvgIpc) is 2.71. The van der Waals surface area contributed by atoms with Gasteiger partial charge in [0.05, 0.1) is 7.05 Å². The molecule has 2 N–H and O–H groups in total. The SMILES string of the molecule is CNc1nn(C[NH+](C)Cc2ccccc2)c(=S)s1. The molecule has 1 atom stereocenters. The molecule has 0 aliphatic carbocycles. The summed E-state index contributed by atoms with van der Waals surface area (Å²) in [5.41, 5.74) is 1.32. The van der Waals surface area contributed by atoms with Crippen LogP contribution in [-0.2, 0) is 13.2 Å². The van der Waals surface area contributed by atoms with Gasteiger partial charge in [-0.3, -0.25) is 0 Å². The van der Waals surface area contributed by atoms with Crippen molar-refractivity contribution in [2.24, 2.45) is 0 Å². The van der Waals surface area contributed by atoms with Crippen LogP contribution in [0.15, 0.2) is 30.3 Å². The molecule has 1 heterocycles. The number of benzene rings is 1. The molecule has 6 heteroatoms. The molecule has 1 aromatic heterocycles. The van der Waals surface area contributed by atoms with E-state index >= 15 is 0 Å². The van der Waals surface area contributed by atoms with E-state index in [1.165, 1.54) is 21.8 Å². The lowest BCUT2D eigenvalue weighted by Gasteiger charge is -2.13. The summed E-state index contributed by atoms with van der Waals surface area (Å²) in [5, 5.41) is 8.30. The van der Waals surface area contributed by atoms with Crippen LogP contribution in [0.25, 0.3) is 0 Å². The maximum absolute atomic E-state index is 5.29. The molecule has 0 fully saturated rings. The van der Waals surface area contributed by atoms with E-state index in [-0.39, 0.29) is 0 Å². The van der Waals surface area contributed by atoms with Crippen LogP contribution in [0.3, 0.4) is 0 Å². The predicted molar refractivity (Wildman–Crippen MR) is 77.5 cm³/mol. The number of rotatable bonds is 5. The number of hydrogen-bond acceptors (Lipinski definition) is 4. The zero-order chi connectivity index (χ0) is 13.0. The van der Waals surface area contributed by atoms with E-state index in [0.29, 0.717) is 0 Å². The average molecular weight is 281 g/mol. The molecule has 0 bridgehead atoms. The zero-order valence-corrected chi connectivity index (χ0v) is 12.1. The molecular formula is C12H17N4S2+. The summed E-state index contributed by atoms with van der Waals surface area (Å²) in [7, 11) is 4.01. The summed E-state index contributed by atoms with van der Waals surface area (Å²) in [4.78, 5) is 1.35. The molecule has 0 amide bonds. The number of anilines is 1. The van der Waals surface area contributed by atoms with Gasteiger partial charge in [0, 0.05) is 12.6 Å². The van der Waals surface area contributed by atoms with Crippen molar-refractivity contribution in [3.8, 4) is 0 Å². The molecule has 4 nitrogen and oxygen atoms in total. The first kappa shape index (κ1) is 13.2. The van der Waals surface area contributed by atoms with Gasteiger partial charge in [0.25, 0.3) is 0 Å². The quantitative estimate of drug-likeness (QED) is 0.813. The van der Waals surface area contributed by atoms with Gasteiger partial charge in [-0.2, -0.15) is 4.68 Å². The van der Waals surface area contributed by atoms with Gasteiger partial charge in [-0.05, 0) is 12.2 Å². The van der Waals surface area contributed by atoms with Crippen molar-refractivity contribution in [1.82, 2.24) is 9.78 Å². The fraction of sp³-hybridized carbons (Fsp3) is 0.333. The molecule has 0 aliphatic rings. The first-order valence-electron chi connectivity index (χ1n) is 5.80. The van der Waals surface area contributed by atoms with Gasteiger partial charge < -0.3 is 10.2 Å². The van der Waals surface area contributed by atoms with E-state index in [1.807, 2.05) is 17.8 Å². The van der Waals surface area contributed by atoms with E-state index in [4.69, 9.17) is 12.2 Å². The maximum atomic E-state index is 5.29. The second-order valence-corrected chi connectivity index (χ2v) is 5.82. The lowest BCUT2D eigenvalue weighted by Crippen LogP contribution is -3.07. The highest BCUT2D eigenvalue weighted by Gasteiger charge is 2.08. The first-order chi connectivity index (χ1) is 8.69.